The van der Waals surface area contributed by atoms with E-state index in [4.69, 9.17) is 4.98 Å². The molecule has 0 radical (unpaired) electrons. The monoisotopic (exact) mass is 281 g/mol. The Morgan fingerprint density at radius 1 is 1.29 bits per heavy atom. The van der Waals surface area contributed by atoms with E-state index in [1.807, 2.05) is 7.05 Å². The van der Waals surface area contributed by atoms with E-state index in [-0.39, 0.29) is 0 Å². The van der Waals surface area contributed by atoms with Gasteiger partial charge in [-0.05, 0) is 57.5 Å². The van der Waals surface area contributed by atoms with Gasteiger partial charge in [-0.25, -0.2) is 4.98 Å². The highest BCUT2D eigenvalue weighted by molar-refractivity contribution is 5.71. The molecule has 1 N–H and O–H groups in total. The molecule has 0 aliphatic carbocycles. The number of benzene rings is 1. The van der Waals surface area contributed by atoms with Crippen molar-refractivity contribution in [2.75, 3.05) is 11.9 Å². The van der Waals surface area contributed by atoms with Crippen molar-refractivity contribution in [1.82, 2.24) is 10.3 Å². The van der Waals surface area contributed by atoms with Crippen LogP contribution < -0.4 is 10.2 Å². The molecule has 3 heteroatoms. The van der Waals surface area contributed by atoms with Crippen LogP contribution in [0.4, 0.5) is 11.5 Å². The van der Waals surface area contributed by atoms with Crippen LogP contribution >= 0.6 is 0 Å². The van der Waals surface area contributed by atoms with Crippen LogP contribution in [0.2, 0.25) is 0 Å². The van der Waals surface area contributed by atoms with Gasteiger partial charge in [-0.15, -0.1) is 0 Å². The summed E-state index contributed by atoms with van der Waals surface area (Å²) in [6.07, 6.45) is 1.09. The Balaban J connectivity index is 2.16. The van der Waals surface area contributed by atoms with Gasteiger partial charge in [0.25, 0.3) is 0 Å². The maximum atomic E-state index is 4.87. The molecule has 21 heavy (non-hydrogen) atoms. The molecule has 0 saturated heterocycles. The first-order valence-corrected chi connectivity index (χ1v) is 7.60. The van der Waals surface area contributed by atoms with Crippen molar-refractivity contribution in [3.8, 4) is 0 Å². The zero-order valence-electron chi connectivity index (χ0n) is 13.3. The number of rotatable bonds is 3. The van der Waals surface area contributed by atoms with Gasteiger partial charge in [0.2, 0.25) is 0 Å². The summed E-state index contributed by atoms with van der Waals surface area (Å²) >= 11 is 0. The second-order valence-electron chi connectivity index (χ2n) is 5.96. The van der Waals surface area contributed by atoms with Gasteiger partial charge < -0.3 is 10.2 Å². The number of hydrogen-bond donors (Lipinski definition) is 1. The van der Waals surface area contributed by atoms with E-state index in [1.165, 1.54) is 22.4 Å². The summed E-state index contributed by atoms with van der Waals surface area (Å²) in [6.45, 7) is 7.38. The van der Waals surface area contributed by atoms with E-state index in [9.17, 15) is 0 Å². The van der Waals surface area contributed by atoms with Crippen molar-refractivity contribution in [3.63, 3.8) is 0 Å². The molecule has 1 unspecified atom stereocenters. The van der Waals surface area contributed by atoms with E-state index < -0.39 is 0 Å². The third-order valence-electron chi connectivity index (χ3n) is 4.24. The van der Waals surface area contributed by atoms with Crippen LogP contribution in [0.3, 0.4) is 0 Å². The topological polar surface area (TPSA) is 28.2 Å². The standard InChI is InChI=1S/C18H23N3/c1-12-9-13(2)20-18(16(12)11-19-4)21-14(3)10-15-7-5-6-8-17(15)21/h5-9,14,19H,10-11H2,1-4H3. The summed E-state index contributed by atoms with van der Waals surface area (Å²) < 4.78 is 0. The Hall–Kier alpha value is -1.87. The van der Waals surface area contributed by atoms with Crippen LogP contribution in [0, 0.1) is 13.8 Å². The molecule has 0 saturated carbocycles. The molecule has 1 aliphatic rings. The molecule has 3 rings (SSSR count). The fourth-order valence-corrected chi connectivity index (χ4v) is 3.33. The lowest BCUT2D eigenvalue weighted by molar-refractivity contribution is 0.732. The van der Waals surface area contributed by atoms with Gasteiger partial charge in [0.05, 0.1) is 0 Å². The van der Waals surface area contributed by atoms with Crippen LogP contribution in [0.25, 0.3) is 0 Å². The molecule has 0 amide bonds. The molecule has 2 aromatic rings. The largest absolute Gasteiger partial charge is 0.323 e. The number of nitrogens with zero attached hydrogens (tertiary/aromatic N) is 2. The van der Waals surface area contributed by atoms with Crippen molar-refractivity contribution in [3.05, 3.63) is 52.7 Å². The first-order chi connectivity index (χ1) is 10.1. The molecular weight excluding hydrogens is 258 g/mol. The fourth-order valence-electron chi connectivity index (χ4n) is 3.33. The number of nitrogens with one attached hydrogen (secondary N) is 1. The molecule has 0 spiro atoms. The number of aromatic nitrogens is 1. The van der Waals surface area contributed by atoms with Crippen LogP contribution in [-0.4, -0.2) is 18.1 Å². The minimum Gasteiger partial charge on any atom is -0.323 e. The lowest BCUT2D eigenvalue weighted by atomic mass is 10.1. The zero-order chi connectivity index (χ0) is 15.0. The predicted molar refractivity (Wildman–Crippen MR) is 88.2 cm³/mol. The van der Waals surface area contributed by atoms with Crippen LogP contribution in [0.5, 0.6) is 0 Å². The summed E-state index contributed by atoms with van der Waals surface area (Å²) in [5.41, 5.74) is 6.41. The highest BCUT2D eigenvalue weighted by atomic mass is 15.2. The van der Waals surface area contributed by atoms with Crippen LogP contribution in [0.1, 0.15) is 29.3 Å². The first-order valence-electron chi connectivity index (χ1n) is 7.60. The van der Waals surface area contributed by atoms with Gasteiger partial charge in [-0.3, -0.25) is 0 Å². The van der Waals surface area contributed by atoms with Gasteiger partial charge in [0, 0.05) is 29.5 Å². The zero-order valence-corrected chi connectivity index (χ0v) is 13.3. The number of pyridine rings is 1. The minimum absolute atomic E-state index is 0.451. The Morgan fingerprint density at radius 3 is 2.81 bits per heavy atom. The molecule has 0 fully saturated rings. The molecule has 1 aliphatic heterocycles. The maximum Gasteiger partial charge on any atom is 0.138 e. The third kappa shape index (κ3) is 2.42. The van der Waals surface area contributed by atoms with E-state index in [1.54, 1.807) is 0 Å². The average Bonchev–Trinajstić information content (AvgIpc) is 2.77. The summed E-state index contributed by atoms with van der Waals surface area (Å²) in [5.74, 6) is 1.11. The fraction of sp³-hybridized carbons (Fsp3) is 0.389. The van der Waals surface area contributed by atoms with Gasteiger partial charge in [0.15, 0.2) is 0 Å². The van der Waals surface area contributed by atoms with E-state index in [2.05, 4.69) is 61.3 Å². The molecule has 3 nitrogen and oxygen atoms in total. The maximum absolute atomic E-state index is 4.87. The Bertz CT molecular complexity index is 664. The summed E-state index contributed by atoms with van der Waals surface area (Å²) in [7, 11) is 1.99. The number of para-hydroxylation sites is 1. The van der Waals surface area contributed by atoms with Crippen molar-refractivity contribution >= 4 is 11.5 Å². The molecule has 2 heterocycles. The Kier molecular flexibility index (Phi) is 3.68. The third-order valence-corrected chi connectivity index (χ3v) is 4.24. The normalized spacial score (nSPS) is 17.1. The first kappa shape index (κ1) is 14.1. The molecular formula is C18H23N3. The second kappa shape index (κ2) is 5.49. The van der Waals surface area contributed by atoms with Crippen molar-refractivity contribution in [2.24, 2.45) is 0 Å². The van der Waals surface area contributed by atoms with E-state index >= 15 is 0 Å². The second-order valence-corrected chi connectivity index (χ2v) is 5.96. The number of anilines is 2. The number of aryl methyl sites for hydroxylation is 2. The van der Waals surface area contributed by atoms with Crippen molar-refractivity contribution in [1.29, 1.82) is 0 Å². The molecule has 1 aromatic carbocycles. The minimum atomic E-state index is 0.451. The van der Waals surface area contributed by atoms with Crippen LogP contribution in [-0.2, 0) is 13.0 Å². The highest BCUT2D eigenvalue weighted by Crippen LogP contribution is 2.39. The summed E-state index contributed by atoms with van der Waals surface area (Å²) in [4.78, 5) is 7.27. The molecule has 0 bridgehead atoms. The Labute approximate surface area is 127 Å². The molecule has 1 aromatic heterocycles. The lowest BCUT2D eigenvalue weighted by Gasteiger charge is -2.27. The quantitative estimate of drug-likeness (QED) is 0.933. The van der Waals surface area contributed by atoms with Gasteiger partial charge in [-0.1, -0.05) is 18.2 Å². The lowest BCUT2D eigenvalue weighted by Crippen LogP contribution is -2.27. The number of fused-ring (bicyclic) bond motifs is 1. The van der Waals surface area contributed by atoms with E-state index in [0.29, 0.717) is 6.04 Å². The van der Waals surface area contributed by atoms with Crippen molar-refractivity contribution < 1.29 is 0 Å². The smallest absolute Gasteiger partial charge is 0.138 e. The average molecular weight is 281 g/mol. The SMILES string of the molecule is CNCc1c(C)cc(C)nc1N1c2ccccc2CC1C. The molecule has 110 valence electrons. The predicted octanol–water partition coefficient (Wildman–Crippen LogP) is 3.50. The molecule has 1 atom stereocenters. The highest BCUT2D eigenvalue weighted by Gasteiger charge is 2.29. The van der Waals surface area contributed by atoms with Crippen molar-refractivity contribution in [2.45, 2.75) is 39.8 Å². The van der Waals surface area contributed by atoms with E-state index in [0.717, 1.165) is 24.5 Å². The summed E-state index contributed by atoms with van der Waals surface area (Å²) in [5, 5.41) is 3.28. The van der Waals surface area contributed by atoms with Gasteiger partial charge in [-0.2, -0.15) is 0 Å². The number of hydrogen-bond acceptors (Lipinski definition) is 3. The Morgan fingerprint density at radius 2 is 2.05 bits per heavy atom. The summed E-state index contributed by atoms with van der Waals surface area (Å²) in [6, 6.07) is 11.3. The van der Waals surface area contributed by atoms with Gasteiger partial charge in [0.1, 0.15) is 5.82 Å². The van der Waals surface area contributed by atoms with Crippen LogP contribution in [0.15, 0.2) is 30.3 Å². The van der Waals surface area contributed by atoms with Gasteiger partial charge >= 0.3 is 0 Å².